The van der Waals surface area contributed by atoms with Gasteiger partial charge in [0, 0.05) is 24.6 Å². The number of rotatable bonds is 2. The number of carbonyl (C=O) groups is 1. The molecule has 0 atom stereocenters. The Hall–Kier alpha value is -1.30. The first-order valence-corrected chi connectivity index (χ1v) is 5.82. The summed E-state index contributed by atoms with van der Waals surface area (Å²) < 4.78 is 0. The van der Waals surface area contributed by atoms with Gasteiger partial charge in [-0.25, -0.2) is 4.79 Å². The van der Waals surface area contributed by atoms with Gasteiger partial charge in [-0.05, 0) is 12.1 Å². The van der Waals surface area contributed by atoms with Gasteiger partial charge in [-0.1, -0.05) is 0 Å². The first kappa shape index (κ1) is 10.2. The molecule has 6 heteroatoms. The molecule has 5 nitrogen and oxygen atoms in total. The molecule has 0 amide bonds. The topological polar surface area (TPSA) is 66.3 Å². The van der Waals surface area contributed by atoms with Crippen LogP contribution in [0.3, 0.4) is 0 Å². The lowest BCUT2D eigenvalue weighted by Gasteiger charge is -2.26. The largest absolute Gasteiger partial charge is 0.476 e. The fourth-order valence-electron chi connectivity index (χ4n) is 1.40. The molecule has 15 heavy (non-hydrogen) atoms. The van der Waals surface area contributed by atoms with Gasteiger partial charge in [-0.2, -0.15) is 11.8 Å². The van der Waals surface area contributed by atoms with Crippen LogP contribution in [0.15, 0.2) is 12.1 Å². The van der Waals surface area contributed by atoms with Gasteiger partial charge in [0.1, 0.15) is 0 Å². The molecule has 1 aromatic rings. The molecular weight excluding hydrogens is 214 g/mol. The fourth-order valence-corrected chi connectivity index (χ4v) is 2.30. The van der Waals surface area contributed by atoms with Crippen LogP contribution in [-0.4, -0.2) is 45.9 Å². The predicted molar refractivity (Wildman–Crippen MR) is 58.5 cm³/mol. The highest BCUT2D eigenvalue weighted by molar-refractivity contribution is 7.99. The summed E-state index contributed by atoms with van der Waals surface area (Å²) >= 11 is 1.92. The quantitative estimate of drug-likeness (QED) is 0.800. The van der Waals surface area contributed by atoms with E-state index in [1.807, 2.05) is 11.8 Å². The van der Waals surface area contributed by atoms with E-state index in [0.29, 0.717) is 0 Å². The summed E-state index contributed by atoms with van der Waals surface area (Å²) in [6.07, 6.45) is 0. The SMILES string of the molecule is O=C(O)c1ccc(N2CCSCC2)nn1. The third-order valence-electron chi connectivity index (χ3n) is 2.20. The zero-order valence-corrected chi connectivity index (χ0v) is 8.90. The predicted octanol–water partition coefficient (Wildman–Crippen LogP) is 0.728. The lowest BCUT2D eigenvalue weighted by molar-refractivity contribution is 0.0689. The van der Waals surface area contributed by atoms with E-state index in [2.05, 4.69) is 15.1 Å². The first-order valence-electron chi connectivity index (χ1n) is 4.67. The van der Waals surface area contributed by atoms with Crippen LogP contribution in [0.4, 0.5) is 5.82 Å². The number of nitrogens with zero attached hydrogens (tertiary/aromatic N) is 3. The third kappa shape index (κ3) is 2.38. The molecule has 0 spiro atoms. The summed E-state index contributed by atoms with van der Waals surface area (Å²) in [5, 5.41) is 16.2. The van der Waals surface area contributed by atoms with Gasteiger partial charge in [-0.3, -0.25) is 0 Å². The Labute approximate surface area is 91.5 Å². The van der Waals surface area contributed by atoms with Crippen LogP contribution in [0.2, 0.25) is 0 Å². The van der Waals surface area contributed by atoms with Crippen LogP contribution in [0.1, 0.15) is 10.5 Å². The molecule has 2 rings (SSSR count). The molecule has 0 aliphatic carbocycles. The van der Waals surface area contributed by atoms with E-state index >= 15 is 0 Å². The summed E-state index contributed by atoms with van der Waals surface area (Å²) in [6, 6.07) is 3.21. The van der Waals surface area contributed by atoms with Crippen molar-refractivity contribution in [1.29, 1.82) is 0 Å². The maximum atomic E-state index is 10.6. The van der Waals surface area contributed by atoms with Crippen LogP contribution >= 0.6 is 11.8 Å². The van der Waals surface area contributed by atoms with Crippen molar-refractivity contribution in [2.75, 3.05) is 29.5 Å². The monoisotopic (exact) mass is 225 g/mol. The second-order valence-electron chi connectivity index (χ2n) is 3.18. The average Bonchev–Trinajstić information content (AvgIpc) is 2.30. The van der Waals surface area contributed by atoms with Gasteiger partial charge >= 0.3 is 5.97 Å². The highest BCUT2D eigenvalue weighted by Gasteiger charge is 2.13. The number of hydrogen-bond donors (Lipinski definition) is 1. The summed E-state index contributed by atoms with van der Waals surface area (Å²) in [4.78, 5) is 12.7. The number of aromatic nitrogens is 2. The standard InChI is InChI=1S/C9H11N3O2S/c13-9(14)7-1-2-8(11-10-7)12-3-5-15-6-4-12/h1-2H,3-6H2,(H,13,14). The average molecular weight is 225 g/mol. The van der Waals surface area contributed by atoms with Gasteiger partial charge in [0.05, 0.1) is 0 Å². The second kappa shape index (κ2) is 4.48. The molecular formula is C9H11N3O2S. The zero-order valence-electron chi connectivity index (χ0n) is 8.09. The normalized spacial score (nSPS) is 16.4. The lowest BCUT2D eigenvalue weighted by atomic mass is 10.3. The summed E-state index contributed by atoms with van der Waals surface area (Å²) in [5.41, 5.74) is -0.00913. The maximum absolute atomic E-state index is 10.6. The molecule has 1 aromatic heterocycles. The van der Waals surface area contributed by atoms with Crippen LogP contribution in [0.25, 0.3) is 0 Å². The van der Waals surface area contributed by atoms with Gasteiger partial charge < -0.3 is 10.0 Å². The summed E-state index contributed by atoms with van der Waals surface area (Å²) in [6.45, 7) is 1.90. The molecule has 1 aliphatic rings. The Kier molecular flexibility index (Phi) is 3.05. The van der Waals surface area contributed by atoms with E-state index in [9.17, 15) is 4.79 Å². The van der Waals surface area contributed by atoms with Crippen molar-refractivity contribution >= 4 is 23.5 Å². The van der Waals surface area contributed by atoms with Crippen molar-refractivity contribution in [1.82, 2.24) is 10.2 Å². The summed E-state index contributed by atoms with van der Waals surface area (Å²) in [7, 11) is 0. The Morgan fingerprint density at radius 1 is 1.33 bits per heavy atom. The number of anilines is 1. The van der Waals surface area contributed by atoms with Crippen molar-refractivity contribution in [2.24, 2.45) is 0 Å². The first-order chi connectivity index (χ1) is 7.27. The van der Waals surface area contributed by atoms with Crippen molar-refractivity contribution in [3.63, 3.8) is 0 Å². The minimum atomic E-state index is -1.04. The van der Waals surface area contributed by atoms with Crippen LogP contribution in [-0.2, 0) is 0 Å². The Morgan fingerprint density at radius 3 is 2.60 bits per heavy atom. The molecule has 1 saturated heterocycles. The van der Waals surface area contributed by atoms with Crippen molar-refractivity contribution < 1.29 is 9.90 Å². The van der Waals surface area contributed by atoms with Crippen molar-refractivity contribution in [3.8, 4) is 0 Å². The van der Waals surface area contributed by atoms with Gasteiger partial charge in [0.25, 0.3) is 0 Å². The van der Waals surface area contributed by atoms with E-state index in [0.717, 1.165) is 30.4 Å². The van der Waals surface area contributed by atoms with Crippen molar-refractivity contribution in [3.05, 3.63) is 17.8 Å². The molecule has 0 radical (unpaired) electrons. The maximum Gasteiger partial charge on any atom is 0.356 e. The fraction of sp³-hybridized carbons (Fsp3) is 0.444. The van der Waals surface area contributed by atoms with Crippen LogP contribution < -0.4 is 4.90 Å². The van der Waals surface area contributed by atoms with E-state index in [4.69, 9.17) is 5.11 Å². The number of carboxylic acid groups (broad SMARTS) is 1. The van der Waals surface area contributed by atoms with E-state index in [1.165, 1.54) is 6.07 Å². The Bertz CT molecular complexity index is 349. The molecule has 0 bridgehead atoms. The summed E-state index contributed by atoms with van der Waals surface area (Å²) in [5.74, 6) is 1.90. The molecule has 1 N–H and O–H groups in total. The molecule has 80 valence electrons. The number of hydrogen-bond acceptors (Lipinski definition) is 5. The number of thioether (sulfide) groups is 1. The zero-order chi connectivity index (χ0) is 10.7. The van der Waals surface area contributed by atoms with Gasteiger partial charge in [0.2, 0.25) is 0 Å². The highest BCUT2D eigenvalue weighted by Crippen LogP contribution is 2.16. The second-order valence-corrected chi connectivity index (χ2v) is 4.41. The minimum absolute atomic E-state index is 0.00913. The number of carboxylic acids is 1. The van der Waals surface area contributed by atoms with Crippen LogP contribution in [0, 0.1) is 0 Å². The van der Waals surface area contributed by atoms with Gasteiger partial charge in [0.15, 0.2) is 11.5 Å². The lowest BCUT2D eigenvalue weighted by Crippen LogP contribution is -2.33. The third-order valence-corrected chi connectivity index (χ3v) is 3.15. The Balaban J connectivity index is 2.11. The minimum Gasteiger partial charge on any atom is -0.476 e. The van der Waals surface area contributed by atoms with Gasteiger partial charge in [-0.15, -0.1) is 10.2 Å². The van der Waals surface area contributed by atoms with E-state index < -0.39 is 5.97 Å². The highest BCUT2D eigenvalue weighted by atomic mass is 32.2. The molecule has 2 heterocycles. The Morgan fingerprint density at radius 2 is 2.07 bits per heavy atom. The van der Waals surface area contributed by atoms with Crippen LogP contribution in [0.5, 0.6) is 0 Å². The van der Waals surface area contributed by atoms with Crippen molar-refractivity contribution in [2.45, 2.75) is 0 Å². The van der Waals surface area contributed by atoms with E-state index in [-0.39, 0.29) is 5.69 Å². The smallest absolute Gasteiger partial charge is 0.356 e. The van der Waals surface area contributed by atoms with E-state index in [1.54, 1.807) is 6.07 Å². The molecule has 0 aromatic carbocycles. The number of aromatic carboxylic acids is 1. The molecule has 0 saturated carbocycles. The molecule has 1 fully saturated rings. The molecule has 0 unspecified atom stereocenters. The molecule has 1 aliphatic heterocycles.